The average Bonchev–Trinajstić information content (AvgIpc) is 2.83. The van der Waals surface area contributed by atoms with Gasteiger partial charge < -0.3 is 14.2 Å². The first-order chi connectivity index (χ1) is 16.2. The van der Waals surface area contributed by atoms with E-state index in [0.717, 1.165) is 12.1 Å². The van der Waals surface area contributed by atoms with Crippen molar-refractivity contribution < 1.29 is 27.1 Å². The molecule has 0 saturated carbocycles. The Balaban J connectivity index is 1.97. The predicted molar refractivity (Wildman–Crippen MR) is 123 cm³/mol. The van der Waals surface area contributed by atoms with Gasteiger partial charge in [0.2, 0.25) is 0 Å². The van der Waals surface area contributed by atoms with Gasteiger partial charge >= 0.3 is 10.1 Å². The molecule has 172 valence electrons. The highest BCUT2D eigenvalue weighted by atomic mass is 32.2. The summed E-state index contributed by atoms with van der Waals surface area (Å²) in [5.41, 5.74) is -0.449. The number of amides is 1. The number of ether oxygens (including phenoxy) is 1. The summed E-state index contributed by atoms with van der Waals surface area (Å²) in [6, 6.07) is 18.8. The molecule has 34 heavy (non-hydrogen) atoms. The van der Waals surface area contributed by atoms with Crippen LogP contribution in [0.1, 0.15) is 5.56 Å². The molecule has 0 fully saturated rings. The zero-order valence-electron chi connectivity index (χ0n) is 17.7. The van der Waals surface area contributed by atoms with E-state index in [9.17, 15) is 28.6 Å². The zero-order chi connectivity index (χ0) is 24.7. The lowest BCUT2D eigenvalue weighted by Crippen LogP contribution is -2.14. The van der Waals surface area contributed by atoms with E-state index in [1.807, 2.05) is 0 Å². The molecule has 0 spiro atoms. The summed E-state index contributed by atoms with van der Waals surface area (Å²) >= 11 is 0. The van der Waals surface area contributed by atoms with Gasteiger partial charge in [-0.1, -0.05) is 36.4 Å². The number of hydrogen-bond donors (Lipinski definition) is 1. The second-order valence-corrected chi connectivity index (χ2v) is 8.21. The molecular formula is C23H17N3O7S. The molecule has 0 bridgehead atoms. The van der Waals surface area contributed by atoms with E-state index in [4.69, 9.17) is 8.92 Å². The van der Waals surface area contributed by atoms with E-state index in [1.165, 1.54) is 67.8 Å². The molecule has 0 aromatic heterocycles. The Morgan fingerprint density at radius 2 is 1.79 bits per heavy atom. The number of non-ortho nitro benzene ring substituents is 1. The number of nitrogens with zero attached hydrogens (tertiary/aromatic N) is 2. The van der Waals surface area contributed by atoms with Crippen LogP contribution in [0.5, 0.6) is 11.5 Å². The number of rotatable bonds is 8. The number of nitrogens with one attached hydrogen (secondary N) is 1. The van der Waals surface area contributed by atoms with Crippen molar-refractivity contribution in [1.29, 1.82) is 5.26 Å². The SMILES string of the molecule is COc1cccc(/C=C(\C#N)C(=O)Nc2cccc([N+](=O)[O-])c2)c1OS(=O)(=O)c1ccccc1. The Bertz CT molecular complexity index is 1410. The quantitative estimate of drug-likeness (QED) is 0.168. The molecule has 0 aliphatic heterocycles. The third-order valence-corrected chi connectivity index (χ3v) is 5.67. The fourth-order valence-electron chi connectivity index (χ4n) is 2.84. The van der Waals surface area contributed by atoms with Crippen molar-refractivity contribution in [3.8, 4) is 17.6 Å². The highest BCUT2D eigenvalue weighted by molar-refractivity contribution is 7.87. The number of nitro benzene ring substituents is 1. The van der Waals surface area contributed by atoms with Crippen molar-refractivity contribution in [2.45, 2.75) is 4.90 Å². The molecule has 3 aromatic carbocycles. The Morgan fingerprint density at radius 1 is 1.09 bits per heavy atom. The number of nitro groups is 1. The summed E-state index contributed by atoms with van der Waals surface area (Å²) in [4.78, 5) is 22.9. The van der Waals surface area contributed by atoms with Gasteiger partial charge in [-0.3, -0.25) is 14.9 Å². The highest BCUT2D eigenvalue weighted by Crippen LogP contribution is 2.35. The van der Waals surface area contributed by atoms with Crippen LogP contribution in [0.15, 0.2) is 83.3 Å². The fourth-order valence-corrected chi connectivity index (χ4v) is 3.83. The molecule has 11 heteroatoms. The lowest BCUT2D eigenvalue weighted by atomic mass is 10.1. The van der Waals surface area contributed by atoms with Crippen LogP contribution in [-0.4, -0.2) is 26.4 Å². The van der Waals surface area contributed by atoms with E-state index in [-0.39, 0.29) is 33.3 Å². The van der Waals surface area contributed by atoms with Crippen molar-refractivity contribution in [2.24, 2.45) is 0 Å². The third kappa shape index (κ3) is 5.56. The van der Waals surface area contributed by atoms with Gasteiger partial charge in [-0.2, -0.15) is 13.7 Å². The number of nitriles is 1. The largest absolute Gasteiger partial charge is 0.493 e. The molecule has 10 nitrogen and oxygen atoms in total. The van der Waals surface area contributed by atoms with Gasteiger partial charge in [0.15, 0.2) is 11.5 Å². The van der Waals surface area contributed by atoms with Gasteiger partial charge in [0.05, 0.1) is 12.0 Å². The lowest BCUT2D eigenvalue weighted by molar-refractivity contribution is -0.384. The van der Waals surface area contributed by atoms with E-state index >= 15 is 0 Å². The number of hydrogen-bond acceptors (Lipinski definition) is 8. The van der Waals surface area contributed by atoms with Gasteiger partial charge in [-0.05, 0) is 30.3 Å². The fraction of sp³-hybridized carbons (Fsp3) is 0.0435. The highest BCUT2D eigenvalue weighted by Gasteiger charge is 2.22. The molecule has 0 saturated heterocycles. The molecule has 3 aromatic rings. The summed E-state index contributed by atoms with van der Waals surface area (Å²) in [6.45, 7) is 0. The van der Waals surface area contributed by atoms with Crippen molar-refractivity contribution in [3.63, 3.8) is 0 Å². The zero-order valence-corrected chi connectivity index (χ0v) is 18.5. The van der Waals surface area contributed by atoms with Crippen LogP contribution < -0.4 is 14.2 Å². The van der Waals surface area contributed by atoms with Gasteiger partial charge in [0.1, 0.15) is 16.5 Å². The minimum absolute atomic E-state index is 0.0599. The summed E-state index contributed by atoms with van der Waals surface area (Å²) in [5.74, 6) is -1.02. The monoisotopic (exact) mass is 479 g/mol. The predicted octanol–water partition coefficient (Wildman–Crippen LogP) is 3.92. The maximum atomic E-state index is 12.7. The van der Waals surface area contributed by atoms with Crippen LogP contribution >= 0.6 is 0 Å². The first-order valence-electron chi connectivity index (χ1n) is 9.59. The topological polar surface area (TPSA) is 149 Å². The molecule has 0 heterocycles. The Hall–Kier alpha value is -4.69. The molecular weight excluding hydrogens is 462 g/mol. The maximum absolute atomic E-state index is 12.7. The first-order valence-corrected chi connectivity index (χ1v) is 11.0. The van der Waals surface area contributed by atoms with E-state index in [0.29, 0.717) is 0 Å². The van der Waals surface area contributed by atoms with Crippen LogP contribution in [0.3, 0.4) is 0 Å². The summed E-state index contributed by atoms with van der Waals surface area (Å²) in [6.07, 6.45) is 1.13. The number of anilines is 1. The number of carbonyl (C=O) groups excluding carboxylic acids is 1. The maximum Gasteiger partial charge on any atom is 0.339 e. The van der Waals surface area contributed by atoms with Gasteiger partial charge in [-0.25, -0.2) is 0 Å². The molecule has 1 N–H and O–H groups in total. The standard InChI is InChI=1S/C23H17N3O7S/c1-32-21-12-5-7-16(22(21)33-34(30,31)20-10-3-2-4-11-20)13-17(15-24)23(27)25-18-8-6-9-19(14-18)26(28)29/h2-14H,1H3,(H,25,27)/b17-13+. The van der Waals surface area contributed by atoms with E-state index in [1.54, 1.807) is 12.1 Å². The van der Waals surface area contributed by atoms with Crippen LogP contribution in [0.25, 0.3) is 6.08 Å². The number of para-hydroxylation sites is 1. The third-order valence-electron chi connectivity index (χ3n) is 4.43. The molecule has 0 aliphatic rings. The van der Waals surface area contributed by atoms with Crippen molar-refractivity contribution in [1.82, 2.24) is 0 Å². The summed E-state index contributed by atoms with van der Waals surface area (Å²) in [5, 5.41) is 22.9. The smallest absolute Gasteiger partial charge is 0.339 e. The first kappa shape index (κ1) is 24.0. The Labute approximate surface area is 194 Å². The van der Waals surface area contributed by atoms with Crippen molar-refractivity contribution >= 4 is 33.5 Å². The molecule has 0 unspecified atom stereocenters. The van der Waals surface area contributed by atoms with E-state index in [2.05, 4.69) is 5.32 Å². The number of benzene rings is 3. The van der Waals surface area contributed by atoms with Crippen molar-refractivity contribution in [2.75, 3.05) is 12.4 Å². The second kappa shape index (κ2) is 10.3. The van der Waals surface area contributed by atoms with Gasteiger partial charge in [0, 0.05) is 23.4 Å². The Kier molecular flexibility index (Phi) is 7.25. The minimum atomic E-state index is -4.25. The number of methoxy groups -OCH3 is 1. The van der Waals surface area contributed by atoms with E-state index < -0.39 is 26.5 Å². The summed E-state index contributed by atoms with van der Waals surface area (Å²) in [7, 11) is -2.94. The Morgan fingerprint density at radius 3 is 2.44 bits per heavy atom. The summed E-state index contributed by atoms with van der Waals surface area (Å²) < 4.78 is 36.0. The van der Waals surface area contributed by atoms with Crippen LogP contribution in [0.4, 0.5) is 11.4 Å². The second-order valence-electron chi connectivity index (χ2n) is 6.66. The minimum Gasteiger partial charge on any atom is -0.493 e. The van der Waals surface area contributed by atoms with Gasteiger partial charge in [0.25, 0.3) is 11.6 Å². The van der Waals surface area contributed by atoms with Crippen LogP contribution in [0.2, 0.25) is 0 Å². The molecule has 0 aliphatic carbocycles. The molecule has 1 amide bonds. The normalized spacial score (nSPS) is 11.2. The van der Waals surface area contributed by atoms with Crippen LogP contribution in [0, 0.1) is 21.4 Å². The van der Waals surface area contributed by atoms with Gasteiger partial charge in [-0.15, -0.1) is 0 Å². The van der Waals surface area contributed by atoms with Crippen molar-refractivity contribution in [3.05, 3.63) is 94.0 Å². The van der Waals surface area contributed by atoms with Crippen LogP contribution in [-0.2, 0) is 14.9 Å². The average molecular weight is 479 g/mol. The number of carbonyl (C=O) groups is 1. The lowest BCUT2D eigenvalue weighted by Gasteiger charge is -2.13. The molecule has 3 rings (SSSR count). The molecule has 0 radical (unpaired) electrons. The molecule has 0 atom stereocenters.